The summed E-state index contributed by atoms with van der Waals surface area (Å²) < 4.78 is 12.0. The van der Waals surface area contributed by atoms with E-state index < -0.39 is 11.2 Å². The summed E-state index contributed by atoms with van der Waals surface area (Å²) in [4.78, 5) is 12.6. The maximum atomic E-state index is 12.6. The molecule has 22 heavy (non-hydrogen) atoms. The summed E-state index contributed by atoms with van der Waals surface area (Å²) in [5.74, 6) is -0.0161. The Kier molecular flexibility index (Phi) is 3.46. The Labute approximate surface area is 131 Å². The van der Waals surface area contributed by atoms with Crippen LogP contribution in [0.25, 0.3) is 0 Å². The van der Waals surface area contributed by atoms with Crippen LogP contribution in [0, 0.1) is 11.3 Å². The average molecular weight is 301 g/mol. The molecule has 4 nitrogen and oxygen atoms in total. The Morgan fingerprint density at radius 3 is 2.59 bits per heavy atom. The highest BCUT2D eigenvalue weighted by Crippen LogP contribution is 2.55. The van der Waals surface area contributed by atoms with Crippen molar-refractivity contribution in [1.29, 1.82) is 0 Å². The Bertz CT molecular complexity index is 553. The van der Waals surface area contributed by atoms with E-state index in [0.29, 0.717) is 19.1 Å². The molecule has 1 amide bonds. The minimum atomic E-state index is -0.666. The zero-order chi connectivity index (χ0) is 15.0. The zero-order valence-electron chi connectivity index (χ0n) is 12.8. The first-order chi connectivity index (χ1) is 10.7. The fourth-order valence-corrected chi connectivity index (χ4v) is 4.61. The third-order valence-electron chi connectivity index (χ3n) is 5.64. The predicted molar refractivity (Wildman–Crippen MR) is 82.2 cm³/mol. The van der Waals surface area contributed by atoms with Crippen molar-refractivity contribution in [1.82, 2.24) is 5.32 Å². The summed E-state index contributed by atoms with van der Waals surface area (Å²) >= 11 is 0. The fourth-order valence-electron chi connectivity index (χ4n) is 4.61. The largest absolute Gasteiger partial charge is 0.355 e. The Balaban J connectivity index is 1.59. The molecule has 2 saturated heterocycles. The predicted octanol–water partition coefficient (Wildman–Crippen LogP) is 2.28. The van der Waals surface area contributed by atoms with Gasteiger partial charge in [0, 0.05) is 13.0 Å². The van der Waals surface area contributed by atoms with Gasteiger partial charge in [-0.15, -0.1) is 0 Å². The van der Waals surface area contributed by atoms with Gasteiger partial charge >= 0.3 is 0 Å². The molecule has 2 heterocycles. The SMILES string of the molecule is O=C1NCCC12CC(Cc1ccccc1)CCC21OCCO1. The molecule has 3 aliphatic rings. The van der Waals surface area contributed by atoms with Gasteiger partial charge in [0.1, 0.15) is 5.41 Å². The maximum Gasteiger partial charge on any atom is 0.231 e. The molecule has 2 atom stereocenters. The van der Waals surface area contributed by atoms with Crippen LogP contribution in [0.4, 0.5) is 0 Å². The van der Waals surface area contributed by atoms with Gasteiger partial charge in [-0.05, 0) is 37.2 Å². The van der Waals surface area contributed by atoms with Gasteiger partial charge in [0.05, 0.1) is 13.2 Å². The number of hydrogen-bond acceptors (Lipinski definition) is 3. The molecule has 2 unspecified atom stereocenters. The number of rotatable bonds is 2. The molecule has 2 spiro atoms. The third kappa shape index (κ3) is 2.09. The number of hydrogen-bond donors (Lipinski definition) is 1. The molecule has 4 heteroatoms. The van der Waals surface area contributed by atoms with Crippen molar-refractivity contribution in [2.75, 3.05) is 19.8 Å². The summed E-state index contributed by atoms with van der Waals surface area (Å²) in [6.45, 7) is 1.96. The molecule has 1 saturated carbocycles. The molecule has 4 rings (SSSR count). The van der Waals surface area contributed by atoms with Crippen molar-refractivity contribution in [3.63, 3.8) is 0 Å². The normalized spacial score (nSPS) is 33.5. The maximum absolute atomic E-state index is 12.6. The molecule has 1 N–H and O–H groups in total. The first-order valence-electron chi connectivity index (χ1n) is 8.34. The molecule has 1 aliphatic carbocycles. The van der Waals surface area contributed by atoms with Crippen LogP contribution in [0.3, 0.4) is 0 Å². The lowest BCUT2D eigenvalue weighted by Gasteiger charge is -2.48. The molecular weight excluding hydrogens is 278 g/mol. The average Bonchev–Trinajstić information content (AvgIpc) is 3.14. The van der Waals surface area contributed by atoms with Gasteiger partial charge in [-0.3, -0.25) is 4.79 Å². The zero-order valence-corrected chi connectivity index (χ0v) is 12.8. The van der Waals surface area contributed by atoms with Gasteiger partial charge in [0.25, 0.3) is 0 Å². The van der Waals surface area contributed by atoms with Crippen molar-refractivity contribution in [2.24, 2.45) is 11.3 Å². The first-order valence-corrected chi connectivity index (χ1v) is 8.34. The number of carbonyl (C=O) groups excluding carboxylic acids is 1. The van der Waals surface area contributed by atoms with Crippen molar-refractivity contribution < 1.29 is 14.3 Å². The molecule has 118 valence electrons. The van der Waals surface area contributed by atoms with E-state index >= 15 is 0 Å². The molecule has 3 fully saturated rings. The van der Waals surface area contributed by atoms with Gasteiger partial charge in [0.15, 0.2) is 5.79 Å². The molecule has 0 bridgehead atoms. The van der Waals surface area contributed by atoms with Gasteiger partial charge in [0.2, 0.25) is 5.91 Å². The highest BCUT2D eigenvalue weighted by molar-refractivity contribution is 5.86. The molecule has 1 aromatic rings. The van der Waals surface area contributed by atoms with Crippen LogP contribution in [0.5, 0.6) is 0 Å². The number of benzene rings is 1. The summed E-state index contributed by atoms with van der Waals surface area (Å²) in [6, 6.07) is 10.6. The van der Waals surface area contributed by atoms with Crippen LogP contribution in [0.2, 0.25) is 0 Å². The molecular formula is C18H23NO3. The minimum Gasteiger partial charge on any atom is -0.355 e. The number of nitrogens with one attached hydrogen (secondary N) is 1. The topological polar surface area (TPSA) is 47.6 Å². The lowest BCUT2D eigenvalue weighted by atomic mass is 9.63. The summed E-state index contributed by atoms with van der Waals surface area (Å²) in [6.07, 6.45) is 4.62. The van der Waals surface area contributed by atoms with E-state index in [0.717, 1.165) is 38.6 Å². The summed E-state index contributed by atoms with van der Waals surface area (Å²) in [7, 11) is 0. The fraction of sp³-hybridized carbons (Fsp3) is 0.611. The monoisotopic (exact) mass is 301 g/mol. The summed E-state index contributed by atoms with van der Waals surface area (Å²) in [5, 5.41) is 3.02. The standard InChI is InChI=1S/C18H23NO3/c20-16-17(8-9-19-16)13-15(12-14-4-2-1-3-5-14)6-7-18(17)21-10-11-22-18/h1-5,15H,6-13H2,(H,19,20). The van der Waals surface area contributed by atoms with Crippen molar-refractivity contribution in [2.45, 2.75) is 37.9 Å². The van der Waals surface area contributed by atoms with Gasteiger partial charge in [-0.2, -0.15) is 0 Å². The molecule has 2 aliphatic heterocycles. The van der Waals surface area contributed by atoms with Crippen LogP contribution in [-0.2, 0) is 20.7 Å². The Hall–Kier alpha value is -1.39. The van der Waals surface area contributed by atoms with Gasteiger partial charge in [-0.1, -0.05) is 30.3 Å². The second-order valence-corrected chi connectivity index (χ2v) is 6.84. The second kappa shape index (κ2) is 5.36. The molecule has 0 radical (unpaired) electrons. The van der Waals surface area contributed by atoms with Crippen molar-refractivity contribution >= 4 is 5.91 Å². The Morgan fingerprint density at radius 1 is 1.14 bits per heavy atom. The van der Waals surface area contributed by atoms with E-state index in [1.54, 1.807) is 0 Å². The molecule has 1 aromatic carbocycles. The van der Waals surface area contributed by atoms with Crippen LogP contribution in [0.15, 0.2) is 30.3 Å². The number of carbonyl (C=O) groups is 1. The third-order valence-corrected chi connectivity index (χ3v) is 5.64. The highest BCUT2D eigenvalue weighted by Gasteiger charge is 2.64. The lowest BCUT2D eigenvalue weighted by Crippen LogP contribution is -2.57. The lowest BCUT2D eigenvalue weighted by molar-refractivity contribution is -0.252. The molecule has 0 aromatic heterocycles. The van der Waals surface area contributed by atoms with E-state index in [9.17, 15) is 4.79 Å². The second-order valence-electron chi connectivity index (χ2n) is 6.84. The quantitative estimate of drug-likeness (QED) is 0.911. The smallest absolute Gasteiger partial charge is 0.231 e. The highest BCUT2D eigenvalue weighted by atomic mass is 16.7. The Morgan fingerprint density at radius 2 is 1.91 bits per heavy atom. The van der Waals surface area contributed by atoms with E-state index in [1.165, 1.54) is 5.56 Å². The van der Waals surface area contributed by atoms with E-state index in [-0.39, 0.29) is 5.91 Å². The number of ether oxygens (including phenoxy) is 2. The van der Waals surface area contributed by atoms with Crippen molar-refractivity contribution in [3.05, 3.63) is 35.9 Å². The van der Waals surface area contributed by atoms with Crippen LogP contribution >= 0.6 is 0 Å². The first kappa shape index (κ1) is 14.2. The van der Waals surface area contributed by atoms with Crippen LogP contribution in [0.1, 0.15) is 31.2 Å². The van der Waals surface area contributed by atoms with E-state index in [2.05, 4.69) is 29.6 Å². The van der Waals surface area contributed by atoms with Crippen LogP contribution < -0.4 is 5.32 Å². The van der Waals surface area contributed by atoms with E-state index in [1.807, 2.05) is 6.07 Å². The summed E-state index contributed by atoms with van der Waals surface area (Å²) in [5.41, 5.74) is 0.867. The van der Waals surface area contributed by atoms with Crippen molar-refractivity contribution in [3.8, 4) is 0 Å². The number of amides is 1. The van der Waals surface area contributed by atoms with Crippen LogP contribution in [-0.4, -0.2) is 31.5 Å². The minimum absolute atomic E-state index is 0.132. The number of fused-ring (bicyclic) bond motifs is 1. The van der Waals surface area contributed by atoms with Gasteiger partial charge < -0.3 is 14.8 Å². The van der Waals surface area contributed by atoms with E-state index in [4.69, 9.17) is 9.47 Å². The van der Waals surface area contributed by atoms with Gasteiger partial charge in [-0.25, -0.2) is 0 Å².